The maximum Gasteiger partial charge on any atom is 0.206 e. The molecule has 0 bridgehead atoms. The summed E-state index contributed by atoms with van der Waals surface area (Å²) >= 11 is 2.97. The van der Waals surface area contributed by atoms with Crippen LogP contribution in [-0.4, -0.2) is 27.8 Å². The number of rotatable bonds is 5. The lowest BCUT2D eigenvalue weighted by molar-refractivity contribution is -0.114. The Labute approximate surface area is 90.5 Å². The molecule has 0 radical (unpaired) electrons. The van der Waals surface area contributed by atoms with E-state index in [9.17, 15) is 4.79 Å². The van der Waals surface area contributed by atoms with Crippen molar-refractivity contribution >= 4 is 34.0 Å². The van der Waals surface area contributed by atoms with Crippen LogP contribution >= 0.6 is 23.1 Å². The first-order chi connectivity index (χ1) is 6.74. The summed E-state index contributed by atoms with van der Waals surface area (Å²) in [6.07, 6.45) is 2.46. The molecular formula is C8H11N3OS2. The van der Waals surface area contributed by atoms with Crippen LogP contribution in [0.3, 0.4) is 0 Å². The number of nitrogens with zero attached hydrogens (tertiary/aromatic N) is 2. The van der Waals surface area contributed by atoms with E-state index in [0.29, 0.717) is 11.8 Å². The summed E-state index contributed by atoms with van der Waals surface area (Å²) in [5.74, 6) is 0.653. The molecular weight excluding hydrogens is 218 g/mol. The summed E-state index contributed by atoms with van der Waals surface area (Å²) in [5, 5.41) is 12.1. The Morgan fingerprint density at radius 1 is 1.64 bits per heavy atom. The molecule has 6 heteroatoms. The monoisotopic (exact) mass is 229 g/mol. The van der Waals surface area contributed by atoms with E-state index in [0.717, 1.165) is 9.47 Å². The van der Waals surface area contributed by atoms with Gasteiger partial charge in [0, 0.05) is 6.04 Å². The fourth-order valence-electron chi connectivity index (χ4n) is 0.892. The molecule has 1 fully saturated rings. The van der Waals surface area contributed by atoms with Crippen LogP contribution in [0, 0.1) is 0 Å². The van der Waals surface area contributed by atoms with Gasteiger partial charge >= 0.3 is 0 Å². The van der Waals surface area contributed by atoms with Crippen LogP contribution in [0.25, 0.3) is 0 Å². The van der Waals surface area contributed by atoms with Gasteiger partial charge < -0.3 is 5.32 Å². The highest BCUT2D eigenvalue weighted by atomic mass is 32.2. The van der Waals surface area contributed by atoms with Crippen molar-refractivity contribution in [2.45, 2.75) is 30.1 Å². The average Bonchev–Trinajstić information content (AvgIpc) is 2.81. The van der Waals surface area contributed by atoms with Gasteiger partial charge in [0.25, 0.3) is 0 Å². The van der Waals surface area contributed by atoms with Gasteiger partial charge in [-0.3, -0.25) is 4.79 Å². The minimum Gasteiger partial charge on any atom is -0.357 e. The highest BCUT2D eigenvalue weighted by Crippen LogP contribution is 2.29. The van der Waals surface area contributed by atoms with Crippen molar-refractivity contribution in [3.63, 3.8) is 0 Å². The van der Waals surface area contributed by atoms with E-state index in [2.05, 4.69) is 15.5 Å². The molecule has 1 saturated carbocycles. The molecule has 0 saturated heterocycles. The number of carbonyl (C=O) groups is 1. The second-order valence-corrected chi connectivity index (χ2v) is 5.48. The fraction of sp³-hybridized carbons (Fsp3) is 0.625. The van der Waals surface area contributed by atoms with Gasteiger partial charge in [-0.05, 0) is 19.8 Å². The molecule has 0 aliphatic heterocycles. The summed E-state index contributed by atoms with van der Waals surface area (Å²) in [5.41, 5.74) is 0. The third kappa shape index (κ3) is 2.95. The number of thioether (sulfide) groups is 1. The normalized spacial score (nSPS) is 15.5. The molecule has 1 aliphatic rings. The van der Waals surface area contributed by atoms with Gasteiger partial charge in [0.15, 0.2) is 4.34 Å². The number of aromatic nitrogens is 2. The lowest BCUT2D eigenvalue weighted by Gasteiger charge is -1.94. The van der Waals surface area contributed by atoms with E-state index in [1.54, 1.807) is 6.92 Å². The molecule has 0 aromatic carbocycles. The second-order valence-electron chi connectivity index (χ2n) is 3.28. The zero-order valence-electron chi connectivity index (χ0n) is 7.82. The highest BCUT2D eigenvalue weighted by molar-refractivity contribution is 8.01. The first-order valence-corrected chi connectivity index (χ1v) is 6.26. The highest BCUT2D eigenvalue weighted by Gasteiger charge is 2.22. The van der Waals surface area contributed by atoms with Crippen molar-refractivity contribution in [1.82, 2.24) is 10.2 Å². The summed E-state index contributed by atoms with van der Waals surface area (Å²) in [7, 11) is 0. The molecule has 14 heavy (non-hydrogen) atoms. The fourth-order valence-corrected chi connectivity index (χ4v) is 2.52. The van der Waals surface area contributed by atoms with Crippen LogP contribution < -0.4 is 5.32 Å². The average molecular weight is 229 g/mol. The maximum atomic E-state index is 10.7. The van der Waals surface area contributed by atoms with Gasteiger partial charge in [-0.2, -0.15) is 0 Å². The minimum absolute atomic E-state index is 0.168. The van der Waals surface area contributed by atoms with E-state index < -0.39 is 0 Å². The van der Waals surface area contributed by atoms with Crippen molar-refractivity contribution in [3.05, 3.63) is 0 Å². The van der Waals surface area contributed by atoms with Gasteiger partial charge in [0.2, 0.25) is 5.13 Å². The summed E-state index contributed by atoms with van der Waals surface area (Å²) < 4.78 is 0.864. The van der Waals surface area contributed by atoms with E-state index >= 15 is 0 Å². The first-order valence-electron chi connectivity index (χ1n) is 4.46. The van der Waals surface area contributed by atoms with Crippen LogP contribution in [0.4, 0.5) is 5.13 Å². The topological polar surface area (TPSA) is 54.9 Å². The second kappa shape index (κ2) is 4.27. The summed E-state index contributed by atoms with van der Waals surface area (Å²) in [6, 6.07) is 0.605. The standard InChI is InChI=1S/C8H11N3OS2/c1-5(12)4-13-8-11-10-7(14-8)9-6-2-3-6/h6H,2-4H2,1H3,(H,9,10). The van der Waals surface area contributed by atoms with E-state index in [-0.39, 0.29) is 5.78 Å². The van der Waals surface area contributed by atoms with Crippen molar-refractivity contribution in [2.75, 3.05) is 11.1 Å². The Morgan fingerprint density at radius 2 is 2.43 bits per heavy atom. The predicted octanol–water partition coefficient (Wildman–Crippen LogP) is 1.79. The molecule has 2 rings (SSSR count). The molecule has 0 atom stereocenters. The number of carbonyl (C=O) groups excluding carboxylic acids is 1. The van der Waals surface area contributed by atoms with Crippen LogP contribution in [0.1, 0.15) is 19.8 Å². The number of nitrogens with one attached hydrogen (secondary N) is 1. The Morgan fingerprint density at radius 3 is 3.07 bits per heavy atom. The first kappa shape index (κ1) is 9.92. The molecule has 0 spiro atoms. The Bertz CT molecular complexity index is 335. The molecule has 1 aromatic rings. The quantitative estimate of drug-likeness (QED) is 0.780. The zero-order chi connectivity index (χ0) is 9.97. The number of hydrogen-bond donors (Lipinski definition) is 1. The number of ketones is 1. The molecule has 0 amide bonds. The molecule has 1 N–H and O–H groups in total. The van der Waals surface area contributed by atoms with Gasteiger partial charge in [0.05, 0.1) is 5.75 Å². The molecule has 4 nitrogen and oxygen atoms in total. The lowest BCUT2D eigenvalue weighted by atomic mass is 10.5. The third-order valence-corrected chi connectivity index (χ3v) is 3.84. The van der Waals surface area contributed by atoms with Gasteiger partial charge in [-0.15, -0.1) is 10.2 Å². The van der Waals surface area contributed by atoms with E-state index in [1.807, 2.05) is 0 Å². The van der Waals surface area contributed by atoms with Crippen molar-refractivity contribution in [1.29, 1.82) is 0 Å². The molecule has 76 valence electrons. The van der Waals surface area contributed by atoms with Gasteiger partial charge in [-0.25, -0.2) is 0 Å². The largest absolute Gasteiger partial charge is 0.357 e. The van der Waals surface area contributed by atoms with Gasteiger partial charge in [0.1, 0.15) is 5.78 Å². The van der Waals surface area contributed by atoms with Crippen molar-refractivity contribution in [3.8, 4) is 0 Å². The maximum absolute atomic E-state index is 10.7. The SMILES string of the molecule is CC(=O)CSc1nnc(NC2CC2)s1. The lowest BCUT2D eigenvalue weighted by Crippen LogP contribution is -1.99. The third-order valence-electron chi connectivity index (χ3n) is 1.71. The van der Waals surface area contributed by atoms with Crippen molar-refractivity contribution < 1.29 is 4.79 Å². The zero-order valence-corrected chi connectivity index (χ0v) is 9.45. The molecule has 1 aromatic heterocycles. The van der Waals surface area contributed by atoms with Crippen LogP contribution in [-0.2, 0) is 4.79 Å². The van der Waals surface area contributed by atoms with E-state index in [4.69, 9.17) is 0 Å². The number of Topliss-reactive ketones (excluding diaryl/α,β-unsaturated/α-hetero) is 1. The molecule has 1 heterocycles. The molecule has 0 unspecified atom stereocenters. The van der Waals surface area contributed by atoms with Crippen LogP contribution in [0.15, 0.2) is 4.34 Å². The van der Waals surface area contributed by atoms with Gasteiger partial charge in [-0.1, -0.05) is 23.1 Å². The Hall–Kier alpha value is -0.620. The summed E-state index contributed by atoms with van der Waals surface area (Å²) in [4.78, 5) is 10.7. The van der Waals surface area contributed by atoms with Crippen molar-refractivity contribution in [2.24, 2.45) is 0 Å². The number of hydrogen-bond acceptors (Lipinski definition) is 6. The van der Waals surface area contributed by atoms with E-state index in [1.165, 1.54) is 35.9 Å². The Balaban J connectivity index is 1.85. The smallest absolute Gasteiger partial charge is 0.206 e. The minimum atomic E-state index is 0.168. The number of anilines is 1. The predicted molar refractivity (Wildman–Crippen MR) is 58.0 cm³/mol. The van der Waals surface area contributed by atoms with Crippen LogP contribution in [0.5, 0.6) is 0 Å². The summed E-state index contributed by atoms with van der Waals surface area (Å²) in [6.45, 7) is 1.58. The molecule has 1 aliphatic carbocycles. The van der Waals surface area contributed by atoms with Crippen LogP contribution in [0.2, 0.25) is 0 Å². The Kier molecular flexibility index (Phi) is 3.02.